The Morgan fingerprint density at radius 3 is 2.90 bits per heavy atom. The van der Waals surface area contributed by atoms with Crippen molar-refractivity contribution in [3.8, 4) is 0 Å². The number of imide groups is 1. The number of β-amino-alcohol motifs (C(OH)–C–C–N with tert-alkyl or cyclic N) is 1. The van der Waals surface area contributed by atoms with Crippen LogP contribution in [0.15, 0.2) is 18.2 Å². The molecule has 8 heteroatoms. The molecule has 0 saturated carbocycles. The van der Waals surface area contributed by atoms with E-state index in [0.29, 0.717) is 38.2 Å². The number of nitrogens with one attached hydrogen (secondary N) is 2. The minimum absolute atomic E-state index is 0.151. The first-order valence-electron chi connectivity index (χ1n) is 10.2. The van der Waals surface area contributed by atoms with Crippen molar-refractivity contribution in [2.24, 2.45) is 0 Å². The first kappa shape index (κ1) is 20.0. The second-order valence-electron chi connectivity index (χ2n) is 8.46. The smallest absolute Gasteiger partial charge is 0.255 e. The third-order valence-electron chi connectivity index (χ3n) is 6.13. The normalized spacial score (nSPS) is 27.9. The lowest BCUT2D eigenvalue weighted by atomic mass is 9.92. The topological polar surface area (TPSA) is 102 Å². The lowest BCUT2D eigenvalue weighted by Gasteiger charge is -2.39. The molecule has 0 aromatic heterocycles. The summed E-state index contributed by atoms with van der Waals surface area (Å²) in [5.74, 6) is -0.820. The highest BCUT2D eigenvalue weighted by atomic mass is 16.3. The molecule has 4 rings (SSSR count). The van der Waals surface area contributed by atoms with Crippen molar-refractivity contribution in [1.82, 2.24) is 20.4 Å². The summed E-state index contributed by atoms with van der Waals surface area (Å²) < 4.78 is 0. The molecule has 29 heavy (non-hydrogen) atoms. The number of aliphatic hydroxyl groups is 1. The number of piperidine rings is 2. The van der Waals surface area contributed by atoms with E-state index < -0.39 is 11.6 Å². The van der Waals surface area contributed by atoms with Gasteiger partial charge in [-0.3, -0.25) is 24.6 Å². The number of likely N-dealkylation sites (N-methyl/N-ethyl adjacent to an activating group) is 1. The SMILES string of the molecule is CNCC1(O)CCCN(Cc2ccc3c(c2)CN(C2CCC(=O)NC2=O)C3=O)C1. The molecule has 1 aromatic rings. The molecule has 2 unspecified atom stereocenters. The Morgan fingerprint density at radius 1 is 1.31 bits per heavy atom. The summed E-state index contributed by atoms with van der Waals surface area (Å²) in [6.45, 7) is 3.23. The van der Waals surface area contributed by atoms with Gasteiger partial charge in [-0.25, -0.2) is 0 Å². The van der Waals surface area contributed by atoms with Crippen molar-refractivity contribution in [3.05, 3.63) is 34.9 Å². The average Bonchev–Trinajstić information content (AvgIpc) is 2.98. The van der Waals surface area contributed by atoms with Crippen molar-refractivity contribution in [3.63, 3.8) is 0 Å². The van der Waals surface area contributed by atoms with Crippen LogP contribution >= 0.6 is 0 Å². The Kier molecular flexibility index (Phi) is 5.42. The fourth-order valence-corrected chi connectivity index (χ4v) is 4.80. The number of carbonyl (C=O) groups is 3. The van der Waals surface area contributed by atoms with Gasteiger partial charge in [0.2, 0.25) is 11.8 Å². The van der Waals surface area contributed by atoms with Gasteiger partial charge in [0.25, 0.3) is 5.91 Å². The second-order valence-corrected chi connectivity index (χ2v) is 8.46. The highest BCUT2D eigenvalue weighted by Crippen LogP contribution is 2.29. The van der Waals surface area contributed by atoms with Gasteiger partial charge in [-0.2, -0.15) is 0 Å². The maximum absolute atomic E-state index is 12.8. The van der Waals surface area contributed by atoms with Gasteiger partial charge in [-0.15, -0.1) is 0 Å². The Labute approximate surface area is 170 Å². The van der Waals surface area contributed by atoms with E-state index in [1.165, 1.54) is 0 Å². The summed E-state index contributed by atoms with van der Waals surface area (Å²) in [5, 5.41) is 16.1. The number of amides is 3. The molecule has 0 aliphatic carbocycles. The summed E-state index contributed by atoms with van der Waals surface area (Å²) in [6, 6.07) is 5.24. The monoisotopic (exact) mass is 400 g/mol. The predicted octanol–water partition coefficient (Wildman–Crippen LogP) is -0.00610. The molecular weight excluding hydrogens is 372 g/mol. The summed E-state index contributed by atoms with van der Waals surface area (Å²) in [7, 11) is 1.85. The molecule has 8 nitrogen and oxygen atoms in total. The fourth-order valence-electron chi connectivity index (χ4n) is 4.80. The van der Waals surface area contributed by atoms with Crippen molar-refractivity contribution < 1.29 is 19.5 Å². The van der Waals surface area contributed by atoms with Crippen LogP contribution in [0.5, 0.6) is 0 Å². The molecule has 3 amide bonds. The minimum Gasteiger partial charge on any atom is -0.387 e. The van der Waals surface area contributed by atoms with Gasteiger partial charge in [-0.05, 0) is 50.0 Å². The Bertz CT molecular complexity index is 838. The number of benzene rings is 1. The minimum atomic E-state index is -0.706. The van der Waals surface area contributed by atoms with Gasteiger partial charge < -0.3 is 15.3 Å². The maximum Gasteiger partial charge on any atom is 0.255 e. The predicted molar refractivity (Wildman–Crippen MR) is 106 cm³/mol. The average molecular weight is 400 g/mol. The van der Waals surface area contributed by atoms with Gasteiger partial charge in [0.1, 0.15) is 6.04 Å². The summed E-state index contributed by atoms with van der Waals surface area (Å²) in [4.78, 5) is 40.2. The van der Waals surface area contributed by atoms with Crippen LogP contribution in [0.3, 0.4) is 0 Å². The van der Waals surface area contributed by atoms with Gasteiger partial charge in [0, 0.05) is 38.2 Å². The number of likely N-dealkylation sites (tertiary alicyclic amines) is 1. The molecule has 3 aliphatic rings. The van der Waals surface area contributed by atoms with E-state index in [2.05, 4.69) is 15.5 Å². The van der Waals surface area contributed by atoms with Crippen LogP contribution in [0.4, 0.5) is 0 Å². The van der Waals surface area contributed by atoms with Crippen LogP contribution in [0.25, 0.3) is 0 Å². The number of hydrogen-bond acceptors (Lipinski definition) is 6. The van der Waals surface area contributed by atoms with E-state index in [9.17, 15) is 19.5 Å². The largest absolute Gasteiger partial charge is 0.387 e. The Balaban J connectivity index is 1.45. The highest BCUT2D eigenvalue weighted by Gasteiger charge is 2.39. The first-order valence-corrected chi connectivity index (χ1v) is 10.2. The zero-order valence-corrected chi connectivity index (χ0v) is 16.7. The number of fused-ring (bicyclic) bond motifs is 1. The summed E-state index contributed by atoms with van der Waals surface area (Å²) in [5.41, 5.74) is 1.93. The van der Waals surface area contributed by atoms with Crippen molar-refractivity contribution in [1.29, 1.82) is 0 Å². The zero-order chi connectivity index (χ0) is 20.6. The fraction of sp³-hybridized carbons (Fsp3) is 0.571. The molecule has 0 radical (unpaired) electrons. The van der Waals surface area contributed by atoms with E-state index in [1.54, 1.807) is 4.90 Å². The summed E-state index contributed by atoms with van der Waals surface area (Å²) >= 11 is 0. The molecule has 3 heterocycles. The van der Waals surface area contributed by atoms with E-state index in [4.69, 9.17) is 0 Å². The lowest BCUT2D eigenvalue weighted by Crippen LogP contribution is -2.52. The number of carbonyl (C=O) groups excluding carboxylic acids is 3. The Morgan fingerprint density at radius 2 is 2.14 bits per heavy atom. The molecule has 0 spiro atoms. The third-order valence-corrected chi connectivity index (χ3v) is 6.13. The number of nitrogens with zero attached hydrogens (tertiary/aromatic N) is 2. The van der Waals surface area contributed by atoms with Crippen LogP contribution in [0, 0.1) is 0 Å². The molecule has 2 saturated heterocycles. The quantitative estimate of drug-likeness (QED) is 0.601. The van der Waals surface area contributed by atoms with Crippen LogP contribution in [0.1, 0.15) is 47.2 Å². The zero-order valence-electron chi connectivity index (χ0n) is 16.7. The second kappa shape index (κ2) is 7.85. The third kappa shape index (κ3) is 4.05. The van der Waals surface area contributed by atoms with Crippen LogP contribution < -0.4 is 10.6 Å². The van der Waals surface area contributed by atoms with Crippen LogP contribution in [-0.2, 0) is 22.7 Å². The molecule has 3 aliphatic heterocycles. The molecular formula is C21H28N4O4. The van der Waals surface area contributed by atoms with E-state index in [-0.39, 0.29) is 24.1 Å². The number of hydrogen-bond donors (Lipinski definition) is 3. The van der Waals surface area contributed by atoms with Crippen LogP contribution in [0.2, 0.25) is 0 Å². The molecule has 1 aromatic carbocycles. The van der Waals surface area contributed by atoms with Crippen molar-refractivity contribution in [2.75, 3.05) is 26.7 Å². The first-order chi connectivity index (χ1) is 13.9. The lowest BCUT2D eigenvalue weighted by molar-refractivity contribution is -0.136. The van der Waals surface area contributed by atoms with Gasteiger partial charge in [0.15, 0.2) is 0 Å². The molecule has 3 N–H and O–H groups in total. The van der Waals surface area contributed by atoms with E-state index >= 15 is 0 Å². The van der Waals surface area contributed by atoms with E-state index in [0.717, 1.165) is 30.5 Å². The standard InChI is InChI=1S/C21H28N4O4/c1-22-12-21(29)7-2-8-24(13-21)10-14-3-4-16-15(9-14)11-25(20(16)28)17-5-6-18(26)23-19(17)27/h3-4,9,17,22,29H,2,5-8,10-13H2,1H3,(H,23,26,27). The van der Waals surface area contributed by atoms with Crippen molar-refractivity contribution in [2.45, 2.75) is 50.4 Å². The van der Waals surface area contributed by atoms with Gasteiger partial charge in [0.05, 0.1) is 5.60 Å². The highest BCUT2D eigenvalue weighted by molar-refractivity contribution is 6.05. The Hall–Kier alpha value is -2.29. The van der Waals surface area contributed by atoms with E-state index in [1.807, 2.05) is 25.2 Å². The molecule has 156 valence electrons. The molecule has 0 bridgehead atoms. The summed E-state index contributed by atoms with van der Waals surface area (Å²) in [6.07, 6.45) is 2.37. The van der Waals surface area contributed by atoms with Crippen LogP contribution in [-0.4, -0.2) is 71.0 Å². The molecule has 2 atom stereocenters. The maximum atomic E-state index is 12.8. The van der Waals surface area contributed by atoms with Gasteiger partial charge in [-0.1, -0.05) is 12.1 Å². The number of rotatable bonds is 5. The van der Waals surface area contributed by atoms with Crippen molar-refractivity contribution >= 4 is 17.7 Å². The van der Waals surface area contributed by atoms with Gasteiger partial charge >= 0.3 is 0 Å². The molecule has 2 fully saturated rings.